The Morgan fingerprint density at radius 2 is 2.08 bits per heavy atom. The van der Waals surface area contributed by atoms with Gasteiger partial charge in [0.2, 0.25) is 5.91 Å². The zero-order valence-corrected chi connectivity index (χ0v) is 15.0. The van der Waals surface area contributed by atoms with Crippen LogP contribution in [0, 0.1) is 12.8 Å². The Balaban J connectivity index is 1.75. The molecule has 2 aliphatic rings. The Labute approximate surface area is 147 Å². The summed E-state index contributed by atoms with van der Waals surface area (Å²) in [4.78, 5) is 38.9. The summed E-state index contributed by atoms with van der Waals surface area (Å²) in [6.07, 6.45) is 4.49. The average molecular weight is 346 g/mol. The first-order chi connectivity index (χ1) is 12.0. The van der Waals surface area contributed by atoms with Crippen molar-refractivity contribution in [1.82, 2.24) is 10.2 Å². The number of furan rings is 1. The van der Waals surface area contributed by atoms with Crippen LogP contribution in [0.1, 0.15) is 71.3 Å². The molecule has 1 saturated heterocycles. The Kier molecular flexibility index (Phi) is 5.25. The van der Waals surface area contributed by atoms with Gasteiger partial charge in [0.25, 0.3) is 5.91 Å². The molecule has 2 amide bonds. The van der Waals surface area contributed by atoms with Gasteiger partial charge in [0, 0.05) is 38.0 Å². The second-order valence-electron chi connectivity index (χ2n) is 7.01. The van der Waals surface area contributed by atoms with Gasteiger partial charge in [-0.05, 0) is 32.6 Å². The smallest absolute Gasteiger partial charge is 0.289 e. The third kappa shape index (κ3) is 3.48. The van der Waals surface area contributed by atoms with Crippen molar-refractivity contribution >= 4 is 17.6 Å². The van der Waals surface area contributed by atoms with E-state index in [-0.39, 0.29) is 29.3 Å². The van der Waals surface area contributed by atoms with Gasteiger partial charge in [-0.15, -0.1) is 0 Å². The van der Waals surface area contributed by atoms with Crippen molar-refractivity contribution in [2.45, 2.75) is 52.4 Å². The molecule has 0 spiro atoms. The number of nitrogens with zero attached hydrogens (tertiary/aromatic N) is 1. The predicted octanol–water partition coefficient (Wildman–Crippen LogP) is 2.49. The van der Waals surface area contributed by atoms with Gasteiger partial charge in [0.1, 0.15) is 5.76 Å². The molecule has 3 rings (SSSR count). The van der Waals surface area contributed by atoms with E-state index in [1.165, 1.54) is 0 Å². The zero-order chi connectivity index (χ0) is 18.0. The third-order valence-corrected chi connectivity index (χ3v) is 5.13. The van der Waals surface area contributed by atoms with Gasteiger partial charge in [-0.2, -0.15) is 0 Å². The summed E-state index contributed by atoms with van der Waals surface area (Å²) in [7, 11) is 0. The molecule has 1 aromatic heterocycles. The molecule has 1 aliphatic carbocycles. The van der Waals surface area contributed by atoms with E-state index in [9.17, 15) is 14.4 Å². The van der Waals surface area contributed by atoms with Crippen LogP contribution in [-0.4, -0.2) is 42.1 Å². The summed E-state index contributed by atoms with van der Waals surface area (Å²) in [6, 6.07) is 0. The minimum atomic E-state index is -0.201. The fraction of sp³-hybridized carbons (Fsp3) is 0.632. The molecule has 6 nitrogen and oxygen atoms in total. The average Bonchev–Trinajstić information content (AvgIpc) is 2.97. The van der Waals surface area contributed by atoms with Crippen molar-refractivity contribution in [1.29, 1.82) is 0 Å². The molecule has 0 unspecified atom stereocenters. The Morgan fingerprint density at radius 3 is 2.80 bits per heavy atom. The van der Waals surface area contributed by atoms with E-state index in [4.69, 9.17) is 4.42 Å². The van der Waals surface area contributed by atoms with Gasteiger partial charge in [0.15, 0.2) is 11.5 Å². The molecule has 1 N–H and O–H groups in total. The Morgan fingerprint density at radius 1 is 1.28 bits per heavy atom. The molecule has 1 atom stereocenters. The predicted molar refractivity (Wildman–Crippen MR) is 92.6 cm³/mol. The highest BCUT2D eigenvalue weighted by Gasteiger charge is 2.34. The molecule has 0 bridgehead atoms. The molecule has 25 heavy (non-hydrogen) atoms. The van der Waals surface area contributed by atoms with Crippen LogP contribution in [0.25, 0.3) is 0 Å². The van der Waals surface area contributed by atoms with Crippen molar-refractivity contribution < 1.29 is 18.8 Å². The van der Waals surface area contributed by atoms with Crippen molar-refractivity contribution in [3.63, 3.8) is 0 Å². The van der Waals surface area contributed by atoms with Gasteiger partial charge >= 0.3 is 0 Å². The number of nitrogens with one attached hydrogen (secondary N) is 1. The van der Waals surface area contributed by atoms with E-state index in [0.717, 1.165) is 25.7 Å². The summed E-state index contributed by atoms with van der Waals surface area (Å²) in [5.74, 6) is 0.631. The van der Waals surface area contributed by atoms with E-state index in [0.29, 0.717) is 49.4 Å². The van der Waals surface area contributed by atoms with Crippen LogP contribution in [0.15, 0.2) is 4.42 Å². The lowest BCUT2D eigenvalue weighted by atomic mass is 9.93. The highest BCUT2D eigenvalue weighted by molar-refractivity contribution is 6.03. The van der Waals surface area contributed by atoms with Gasteiger partial charge < -0.3 is 14.6 Å². The number of aryl methyl sites for hydroxylation is 1. The third-order valence-electron chi connectivity index (χ3n) is 5.13. The maximum Gasteiger partial charge on any atom is 0.289 e. The monoisotopic (exact) mass is 346 g/mol. The van der Waals surface area contributed by atoms with Crippen LogP contribution in [0.2, 0.25) is 0 Å². The molecule has 0 aromatic carbocycles. The van der Waals surface area contributed by atoms with Crippen molar-refractivity contribution in [2.75, 3.05) is 19.6 Å². The lowest BCUT2D eigenvalue weighted by Gasteiger charge is -2.31. The molecule has 1 aliphatic heterocycles. The number of hydrogen-bond donors (Lipinski definition) is 1. The van der Waals surface area contributed by atoms with E-state index < -0.39 is 0 Å². The molecular formula is C19H26N2O4. The SMILES string of the molecule is CCCNC(=O)[C@H]1CCCN(C(=O)c2oc3c(c2C)C(=O)CCC3)C1. The Hall–Kier alpha value is -2.11. The first-order valence-corrected chi connectivity index (χ1v) is 9.25. The van der Waals surface area contributed by atoms with E-state index in [1.54, 1.807) is 11.8 Å². The fourth-order valence-electron chi connectivity index (χ4n) is 3.76. The number of amides is 2. The number of carbonyl (C=O) groups excluding carboxylic acids is 3. The van der Waals surface area contributed by atoms with Gasteiger partial charge in [-0.25, -0.2) is 0 Å². The van der Waals surface area contributed by atoms with E-state index in [1.807, 2.05) is 6.92 Å². The summed E-state index contributed by atoms with van der Waals surface area (Å²) < 4.78 is 5.77. The maximum atomic E-state index is 12.9. The highest BCUT2D eigenvalue weighted by Crippen LogP contribution is 2.30. The van der Waals surface area contributed by atoms with Gasteiger partial charge in [0.05, 0.1) is 11.5 Å². The van der Waals surface area contributed by atoms with Crippen molar-refractivity contribution in [3.05, 3.63) is 22.6 Å². The van der Waals surface area contributed by atoms with Gasteiger partial charge in [-0.1, -0.05) is 6.92 Å². The topological polar surface area (TPSA) is 79.6 Å². The lowest BCUT2D eigenvalue weighted by molar-refractivity contribution is -0.126. The summed E-state index contributed by atoms with van der Waals surface area (Å²) in [5.41, 5.74) is 1.26. The maximum absolute atomic E-state index is 12.9. The number of carbonyl (C=O) groups is 3. The van der Waals surface area contributed by atoms with Crippen LogP contribution in [0.4, 0.5) is 0 Å². The molecule has 136 valence electrons. The molecule has 2 heterocycles. The molecule has 6 heteroatoms. The molecule has 0 saturated carbocycles. The van der Waals surface area contributed by atoms with Crippen LogP contribution in [0.3, 0.4) is 0 Å². The molecule has 1 aromatic rings. The van der Waals surface area contributed by atoms with Crippen LogP contribution in [-0.2, 0) is 11.2 Å². The summed E-state index contributed by atoms with van der Waals surface area (Å²) in [5, 5.41) is 2.91. The van der Waals surface area contributed by atoms with E-state index >= 15 is 0 Å². The van der Waals surface area contributed by atoms with Crippen molar-refractivity contribution in [2.24, 2.45) is 5.92 Å². The fourth-order valence-corrected chi connectivity index (χ4v) is 3.76. The minimum Gasteiger partial charge on any atom is -0.455 e. The van der Waals surface area contributed by atoms with Crippen LogP contribution >= 0.6 is 0 Å². The number of hydrogen-bond acceptors (Lipinski definition) is 4. The number of rotatable bonds is 4. The van der Waals surface area contributed by atoms with Crippen LogP contribution in [0.5, 0.6) is 0 Å². The minimum absolute atomic E-state index is 0.0185. The highest BCUT2D eigenvalue weighted by atomic mass is 16.4. The number of likely N-dealkylation sites (tertiary alicyclic amines) is 1. The standard InChI is InChI=1S/C19H26N2O4/c1-3-9-20-18(23)13-6-5-10-21(11-13)19(24)17-12(2)16-14(22)7-4-8-15(16)25-17/h13H,3-11H2,1-2H3,(H,20,23)/t13-/m0/s1. The number of piperidine rings is 1. The lowest BCUT2D eigenvalue weighted by Crippen LogP contribution is -2.45. The first-order valence-electron chi connectivity index (χ1n) is 9.25. The van der Waals surface area contributed by atoms with Gasteiger partial charge in [-0.3, -0.25) is 14.4 Å². The second-order valence-corrected chi connectivity index (χ2v) is 7.01. The normalized spacial score (nSPS) is 20.3. The Bertz CT molecular complexity index is 692. The molecular weight excluding hydrogens is 320 g/mol. The summed E-state index contributed by atoms with van der Waals surface area (Å²) >= 11 is 0. The quantitative estimate of drug-likeness (QED) is 0.908. The van der Waals surface area contributed by atoms with Crippen molar-refractivity contribution in [3.8, 4) is 0 Å². The molecule has 1 fully saturated rings. The molecule has 0 radical (unpaired) electrons. The summed E-state index contributed by atoms with van der Waals surface area (Å²) in [6.45, 7) is 5.49. The van der Waals surface area contributed by atoms with Crippen LogP contribution < -0.4 is 5.32 Å². The number of Topliss-reactive ketones (excluding diaryl/α,β-unsaturated/α-hetero) is 1. The van der Waals surface area contributed by atoms with E-state index in [2.05, 4.69) is 5.32 Å². The zero-order valence-electron chi connectivity index (χ0n) is 15.0. The first kappa shape index (κ1) is 17.7. The number of fused-ring (bicyclic) bond motifs is 1. The number of ketones is 1. The second kappa shape index (κ2) is 7.42. The largest absolute Gasteiger partial charge is 0.455 e.